The van der Waals surface area contributed by atoms with E-state index in [-0.39, 0.29) is 5.60 Å². The third-order valence-corrected chi connectivity index (χ3v) is 9.19. The van der Waals surface area contributed by atoms with Gasteiger partial charge in [0, 0.05) is 11.1 Å². The molecule has 6 nitrogen and oxygen atoms in total. The van der Waals surface area contributed by atoms with Gasteiger partial charge in [-0.15, -0.1) is 0 Å². The monoisotopic (exact) mass is 567 g/mol. The van der Waals surface area contributed by atoms with Crippen molar-refractivity contribution < 1.29 is 23.6 Å². The van der Waals surface area contributed by atoms with Crippen LogP contribution in [0.2, 0.25) is 0 Å². The zero-order chi connectivity index (χ0) is 29.2. The fraction of sp³-hybridized carbons (Fsp3) is 0.812. The topological polar surface area (TPSA) is 102 Å². The second-order valence-corrected chi connectivity index (χ2v) is 14.3. The number of hydrogen-bond acceptors (Lipinski definition) is 4. The van der Waals surface area contributed by atoms with E-state index in [4.69, 9.17) is 15.0 Å². The first-order valence-electron chi connectivity index (χ1n) is 15.6. The first-order chi connectivity index (χ1) is 18.3. The van der Waals surface area contributed by atoms with E-state index in [0.29, 0.717) is 18.7 Å². The molecule has 7 heteroatoms. The molecule has 39 heavy (non-hydrogen) atoms. The van der Waals surface area contributed by atoms with E-state index in [1.807, 2.05) is 13.8 Å². The first kappa shape index (κ1) is 34.1. The molecule has 4 N–H and O–H groups in total. The Morgan fingerprint density at radius 3 is 2.08 bits per heavy atom. The fourth-order valence-electron chi connectivity index (χ4n) is 6.09. The minimum absolute atomic E-state index is 0.227. The van der Waals surface area contributed by atoms with Crippen LogP contribution < -0.4 is 15.0 Å². The predicted molar refractivity (Wildman–Crippen MR) is 163 cm³/mol. The average molecular weight is 568 g/mol. The van der Waals surface area contributed by atoms with Gasteiger partial charge >= 0.3 is 7.82 Å². The lowest BCUT2D eigenvalue weighted by Gasteiger charge is -2.39. The summed E-state index contributed by atoms with van der Waals surface area (Å²) in [4.78, 5) is 19.2. The van der Waals surface area contributed by atoms with Crippen molar-refractivity contribution in [2.75, 3.05) is 6.54 Å². The second kappa shape index (κ2) is 15.8. The van der Waals surface area contributed by atoms with Crippen LogP contribution >= 0.6 is 7.82 Å². The quantitative estimate of drug-likeness (QED) is 0.121. The molecule has 0 bridgehead atoms. The Morgan fingerprint density at radius 2 is 1.51 bits per heavy atom. The van der Waals surface area contributed by atoms with Crippen molar-refractivity contribution in [1.82, 2.24) is 0 Å². The number of unbranched alkanes of at least 4 members (excludes halogenated alkanes) is 1. The van der Waals surface area contributed by atoms with Crippen LogP contribution in [0.15, 0.2) is 0 Å². The molecular weight excluding hydrogens is 509 g/mol. The fourth-order valence-corrected chi connectivity index (χ4v) is 6.57. The Balaban J connectivity index is 1.98. The van der Waals surface area contributed by atoms with E-state index in [2.05, 4.69) is 34.6 Å². The van der Waals surface area contributed by atoms with Gasteiger partial charge in [0.05, 0.1) is 0 Å². The molecule has 1 aromatic rings. The van der Waals surface area contributed by atoms with E-state index in [1.165, 1.54) is 44.9 Å². The van der Waals surface area contributed by atoms with Gasteiger partial charge < -0.3 is 15.0 Å². The van der Waals surface area contributed by atoms with Gasteiger partial charge in [-0.25, -0.2) is 4.57 Å². The molecular formula is C32H58NO5P. The number of fused-ring (bicyclic) bond motifs is 1. The maximum atomic E-state index is 11.8. The van der Waals surface area contributed by atoms with Crippen LogP contribution in [0.1, 0.15) is 134 Å². The van der Waals surface area contributed by atoms with E-state index in [1.54, 1.807) is 0 Å². The highest BCUT2D eigenvalue weighted by Gasteiger charge is 2.36. The molecule has 0 spiro atoms. The van der Waals surface area contributed by atoms with Crippen LogP contribution in [-0.2, 0) is 17.4 Å². The lowest BCUT2D eigenvalue weighted by molar-refractivity contribution is 0.0511. The molecule has 0 saturated carbocycles. The van der Waals surface area contributed by atoms with E-state index in [0.717, 1.165) is 84.3 Å². The van der Waals surface area contributed by atoms with Crippen molar-refractivity contribution in [3.05, 3.63) is 22.3 Å². The summed E-state index contributed by atoms with van der Waals surface area (Å²) < 4.78 is 23.8. The summed E-state index contributed by atoms with van der Waals surface area (Å²) in [6.45, 7) is 16.1. The smallest absolute Gasteiger partial charge is 0.487 e. The Kier molecular flexibility index (Phi) is 13.8. The highest BCUT2D eigenvalue weighted by atomic mass is 31.2. The number of nitrogens with two attached hydrogens (primary N) is 1. The standard InChI is InChI=1S/C32H58NO5P/c1-23(2)13-10-14-24(3)15-11-16-25(4)17-12-20-32(7)21-19-29-28(18-8-9-22-33)31(38-39(34,35)36)27(6)26(5)30(29)37-32/h23-25H,8-22,33H2,1-7H3,(H2,34,35,36)/t24-,25-,32-/m1/s1. The Labute approximate surface area is 239 Å². The summed E-state index contributed by atoms with van der Waals surface area (Å²) in [5, 5.41) is 0. The van der Waals surface area contributed by atoms with Crippen LogP contribution in [0, 0.1) is 31.6 Å². The number of ether oxygens (including phenoxy) is 1. The largest absolute Gasteiger partial charge is 0.524 e. The van der Waals surface area contributed by atoms with Gasteiger partial charge in [-0.2, -0.15) is 0 Å². The average Bonchev–Trinajstić information content (AvgIpc) is 2.83. The van der Waals surface area contributed by atoms with Crippen LogP contribution in [-0.4, -0.2) is 21.9 Å². The van der Waals surface area contributed by atoms with Crippen LogP contribution in [0.25, 0.3) is 0 Å². The molecule has 0 amide bonds. The lowest BCUT2D eigenvalue weighted by Crippen LogP contribution is -2.37. The van der Waals surface area contributed by atoms with E-state index < -0.39 is 7.82 Å². The zero-order valence-corrected chi connectivity index (χ0v) is 26.9. The lowest BCUT2D eigenvalue weighted by atomic mass is 9.82. The van der Waals surface area contributed by atoms with Crippen molar-refractivity contribution in [1.29, 1.82) is 0 Å². The van der Waals surface area contributed by atoms with Crippen molar-refractivity contribution in [2.45, 2.75) is 144 Å². The van der Waals surface area contributed by atoms with Crippen molar-refractivity contribution in [3.63, 3.8) is 0 Å². The van der Waals surface area contributed by atoms with Gasteiger partial charge in [-0.1, -0.05) is 72.6 Å². The Hall–Kier alpha value is -1.07. The maximum absolute atomic E-state index is 11.8. The molecule has 0 aliphatic carbocycles. The molecule has 0 unspecified atom stereocenters. The molecule has 1 aromatic carbocycles. The summed E-state index contributed by atoms with van der Waals surface area (Å²) in [5.41, 5.74) is 9.07. The van der Waals surface area contributed by atoms with Gasteiger partial charge in [0.1, 0.15) is 17.1 Å². The highest BCUT2D eigenvalue weighted by Crippen LogP contribution is 2.49. The molecule has 2 rings (SSSR count). The summed E-state index contributed by atoms with van der Waals surface area (Å²) >= 11 is 0. The first-order valence-corrected chi connectivity index (χ1v) is 17.1. The highest BCUT2D eigenvalue weighted by molar-refractivity contribution is 7.46. The second-order valence-electron chi connectivity index (χ2n) is 13.1. The maximum Gasteiger partial charge on any atom is 0.524 e. The van der Waals surface area contributed by atoms with Crippen LogP contribution in [0.3, 0.4) is 0 Å². The Morgan fingerprint density at radius 1 is 0.923 bits per heavy atom. The van der Waals surface area contributed by atoms with Gasteiger partial charge in [0.25, 0.3) is 0 Å². The number of benzene rings is 1. The molecule has 226 valence electrons. The Bertz CT molecular complexity index is 943. The summed E-state index contributed by atoms with van der Waals surface area (Å²) in [6, 6.07) is 0. The van der Waals surface area contributed by atoms with Crippen molar-refractivity contribution in [2.24, 2.45) is 23.5 Å². The third kappa shape index (κ3) is 11.4. The van der Waals surface area contributed by atoms with Gasteiger partial charge in [-0.3, -0.25) is 9.79 Å². The van der Waals surface area contributed by atoms with Crippen LogP contribution in [0.5, 0.6) is 11.5 Å². The number of hydrogen-bond donors (Lipinski definition) is 3. The molecule has 0 fully saturated rings. The van der Waals surface area contributed by atoms with Gasteiger partial charge in [0.2, 0.25) is 0 Å². The minimum atomic E-state index is -4.67. The summed E-state index contributed by atoms with van der Waals surface area (Å²) in [5.74, 6) is 3.60. The normalized spacial score (nSPS) is 19.1. The molecule has 0 radical (unpaired) electrons. The SMILES string of the molecule is Cc1c(C)c(OP(=O)(O)O)c(CCCCN)c2c1O[C@](C)(CCC[C@H](C)CCC[C@H](C)CCCC(C)C)CC2. The zero-order valence-electron chi connectivity index (χ0n) is 26.0. The van der Waals surface area contributed by atoms with Gasteiger partial charge in [0.15, 0.2) is 0 Å². The molecule has 3 atom stereocenters. The number of phosphoric acid groups is 1. The van der Waals surface area contributed by atoms with E-state index in [9.17, 15) is 14.4 Å². The van der Waals surface area contributed by atoms with E-state index >= 15 is 0 Å². The summed E-state index contributed by atoms with van der Waals surface area (Å²) in [6.07, 6.45) is 15.5. The summed E-state index contributed by atoms with van der Waals surface area (Å²) in [7, 11) is -4.67. The molecule has 1 aliphatic heterocycles. The molecule has 0 aromatic heterocycles. The molecule has 0 saturated heterocycles. The van der Waals surface area contributed by atoms with Crippen molar-refractivity contribution >= 4 is 7.82 Å². The van der Waals surface area contributed by atoms with Crippen LogP contribution in [0.4, 0.5) is 0 Å². The molecule has 1 heterocycles. The molecule has 1 aliphatic rings. The third-order valence-electron chi connectivity index (χ3n) is 8.77. The van der Waals surface area contributed by atoms with Crippen molar-refractivity contribution in [3.8, 4) is 11.5 Å². The predicted octanol–water partition coefficient (Wildman–Crippen LogP) is 8.58. The minimum Gasteiger partial charge on any atom is -0.487 e. The number of phosphoric ester groups is 1. The number of rotatable bonds is 18. The van der Waals surface area contributed by atoms with Gasteiger partial charge in [-0.05, 0) is 101 Å².